The van der Waals surface area contributed by atoms with Gasteiger partial charge in [0.2, 0.25) is 5.91 Å². The first-order chi connectivity index (χ1) is 12.2. The maximum atomic E-state index is 11.9. The van der Waals surface area contributed by atoms with Crippen LogP contribution in [0.4, 0.5) is 0 Å². The summed E-state index contributed by atoms with van der Waals surface area (Å²) in [5.74, 6) is 1.30. The highest BCUT2D eigenvalue weighted by atomic mass is 16.5. The van der Waals surface area contributed by atoms with E-state index in [9.17, 15) is 4.79 Å². The second-order valence-electron chi connectivity index (χ2n) is 5.43. The predicted molar refractivity (Wildman–Crippen MR) is 101 cm³/mol. The molecule has 0 atom stereocenters. The molecule has 4 nitrogen and oxygen atoms in total. The summed E-state index contributed by atoms with van der Waals surface area (Å²) < 4.78 is 11.1. The van der Waals surface area contributed by atoms with Gasteiger partial charge < -0.3 is 14.8 Å². The van der Waals surface area contributed by atoms with Crippen LogP contribution in [-0.2, 0) is 11.2 Å². The number of benzene rings is 2. The molecule has 2 aromatic rings. The molecule has 0 saturated carbocycles. The van der Waals surface area contributed by atoms with Crippen molar-refractivity contribution in [3.63, 3.8) is 0 Å². The zero-order valence-corrected chi connectivity index (χ0v) is 14.8. The third-order valence-electron chi connectivity index (χ3n) is 3.55. The van der Waals surface area contributed by atoms with E-state index in [1.54, 1.807) is 6.08 Å². The molecule has 0 bridgehead atoms. The van der Waals surface area contributed by atoms with Gasteiger partial charge in [0.25, 0.3) is 0 Å². The van der Waals surface area contributed by atoms with Gasteiger partial charge in [0.05, 0.1) is 13.2 Å². The molecule has 2 aromatic carbocycles. The van der Waals surface area contributed by atoms with Crippen LogP contribution in [0.5, 0.6) is 11.5 Å². The third-order valence-corrected chi connectivity index (χ3v) is 3.55. The largest absolute Gasteiger partial charge is 0.490 e. The lowest BCUT2D eigenvalue weighted by Crippen LogP contribution is -2.23. The van der Waals surface area contributed by atoms with Gasteiger partial charge in [-0.3, -0.25) is 4.79 Å². The number of hydrogen-bond donors (Lipinski definition) is 1. The Morgan fingerprint density at radius 1 is 1.00 bits per heavy atom. The Labute approximate surface area is 149 Å². The molecule has 0 aliphatic heterocycles. The van der Waals surface area contributed by atoms with E-state index in [4.69, 9.17) is 9.47 Å². The predicted octanol–water partition coefficient (Wildman–Crippen LogP) is 3.86. The van der Waals surface area contributed by atoms with Crippen LogP contribution >= 0.6 is 0 Å². The van der Waals surface area contributed by atoms with Crippen molar-refractivity contribution in [1.82, 2.24) is 5.32 Å². The van der Waals surface area contributed by atoms with Crippen LogP contribution in [0.25, 0.3) is 6.08 Å². The number of hydrogen-bond acceptors (Lipinski definition) is 3. The Bertz CT molecular complexity index is 696. The molecule has 0 saturated heterocycles. The molecule has 1 N–H and O–H groups in total. The van der Waals surface area contributed by atoms with Crippen molar-refractivity contribution in [1.29, 1.82) is 0 Å². The standard InChI is InChI=1S/C21H25NO3/c1-3-24-19-12-10-18(16-20(19)25-4-2)11-13-21(23)22-15-14-17-8-6-5-7-9-17/h5-13,16H,3-4,14-15H2,1-2H3,(H,22,23)/b13-11+. The van der Waals surface area contributed by atoms with Gasteiger partial charge in [-0.1, -0.05) is 36.4 Å². The highest BCUT2D eigenvalue weighted by Gasteiger charge is 2.05. The summed E-state index contributed by atoms with van der Waals surface area (Å²) in [5.41, 5.74) is 2.10. The van der Waals surface area contributed by atoms with Gasteiger partial charge in [0.1, 0.15) is 0 Å². The van der Waals surface area contributed by atoms with Gasteiger partial charge in [-0.15, -0.1) is 0 Å². The smallest absolute Gasteiger partial charge is 0.244 e. The van der Waals surface area contributed by atoms with Crippen LogP contribution in [0, 0.1) is 0 Å². The molecule has 1 amide bonds. The van der Waals surface area contributed by atoms with E-state index in [2.05, 4.69) is 17.4 Å². The van der Waals surface area contributed by atoms with E-state index in [-0.39, 0.29) is 5.91 Å². The zero-order chi connectivity index (χ0) is 17.9. The van der Waals surface area contributed by atoms with Crippen LogP contribution in [0.15, 0.2) is 54.6 Å². The van der Waals surface area contributed by atoms with Crippen LogP contribution in [0.2, 0.25) is 0 Å². The number of nitrogens with one attached hydrogen (secondary N) is 1. The highest BCUT2D eigenvalue weighted by molar-refractivity contribution is 5.91. The van der Waals surface area contributed by atoms with E-state index in [1.165, 1.54) is 11.6 Å². The highest BCUT2D eigenvalue weighted by Crippen LogP contribution is 2.28. The Balaban J connectivity index is 1.89. The van der Waals surface area contributed by atoms with Crippen LogP contribution in [0.1, 0.15) is 25.0 Å². The van der Waals surface area contributed by atoms with Crippen molar-refractivity contribution in [2.24, 2.45) is 0 Å². The average molecular weight is 339 g/mol. The fourth-order valence-electron chi connectivity index (χ4n) is 2.38. The molecular formula is C21H25NO3. The van der Waals surface area contributed by atoms with Crippen LogP contribution in [-0.4, -0.2) is 25.7 Å². The Hall–Kier alpha value is -2.75. The quantitative estimate of drug-likeness (QED) is 0.706. The van der Waals surface area contributed by atoms with Crippen molar-refractivity contribution < 1.29 is 14.3 Å². The summed E-state index contributed by atoms with van der Waals surface area (Å²) in [5, 5.41) is 2.89. The molecule has 0 fully saturated rings. The average Bonchev–Trinajstić information content (AvgIpc) is 2.63. The first-order valence-corrected chi connectivity index (χ1v) is 8.62. The number of carbonyl (C=O) groups excluding carboxylic acids is 1. The molecule has 0 aliphatic rings. The minimum Gasteiger partial charge on any atom is -0.490 e. The van der Waals surface area contributed by atoms with Gasteiger partial charge in [-0.25, -0.2) is 0 Å². The molecule has 0 spiro atoms. The summed E-state index contributed by atoms with van der Waals surface area (Å²) in [7, 11) is 0. The summed E-state index contributed by atoms with van der Waals surface area (Å²) in [6.07, 6.45) is 4.13. The second kappa shape index (κ2) is 10.2. The lowest BCUT2D eigenvalue weighted by molar-refractivity contribution is -0.116. The lowest BCUT2D eigenvalue weighted by atomic mass is 10.1. The number of amides is 1. The molecule has 0 heterocycles. The molecule has 25 heavy (non-hydrogen) atoms. The fraction of sp³-hybridized carbons (Fsp3) is 0.286. The number of carbonyl (C=O) groups is 1. The van der Waals surface area contributed by atoms with Gasteiger partial charge in [-0.2, -0.15) is 0 Å². The van der Waals surface area contributed by atoms with Crippen LogP contribution < -0.4 is 14.8 Å². The second-order valence-corrected chi connectivity index (χ2v) is 5.43. The third kappa shape index (κ3) is 6.34. The molecule has 0 radical (unpaired) electrons. The Morgan fingerprint density at radius 2 is 1.72 bits per heavy atom. The Morgan fingerprint density at radius 3 is 2.44 bits per heavy atom. The van der Waals surface area contributed by atoms with Crippen molar-refractivity contribution in [3.05, 3.63) is 65.7 Å². The van der Waals surface area contributed by atoms with E-state index in [1.807, 2.05) is 50.2 Å². The summed E-state index contributed by atoms with van der Waals surface area (Å²) in [6.45, 7) is 5.62. The van der Waals surface area contributed by atoms with E-state index >= 15 is 0 Å². The topological polar surface area (TPSA) is 47.6 Å². The molecule has 2 rings (SSSR count). The maximum absolute atomic E-state index is 11.9. The van der Waals surface area contributed by atoms with E-state index in [0.29, 0.717) is 31.3 Å². The minimum atomic E-state index is -0.109. The molecular weight excluding hydrogens is 314 g/mol. The van der Waals surface area contributed by atoms with Gasteiger partial charge in [-0.05, 0) is 49.6 Å². The summed E-state index contributed by atoms with van der Waals surface area (Å²) in [6, 6.07) is 15.7. The van der Waals surface area contributed by atoms with Crippen molar-refractivity contribution in [2.75, 3.05) is 19.8 Å². The SMILES string of the molecule is CCOc1ccc(/C=C/C(=O)NCCc2ccccc2)cc1OCC. The van der Waals surface area contributed by atoms with Crippen LogP contribution in [0.3, 0.4) is 0 Å². The van der Waals surface area contributed by atoms with Crippen molar-refractivity contribution in [2.45, 2.75) is 20.3 Å². The molecule has 0 aliphatic carbocycles. The monoisotopic (exact) mass is 339 g/mol. The molecule has 0 aromatic heterocycles. The first-order valence-electron chi connectivity index (χ1n) is 8.62. The van der Waals surface area contributed by atoms with Gasteiger partial charge in [0, 0.05) is 12.6 Å². The van der Waals surface area contributed by atoms with Gasteiger partial charge >= 0.3 is 0 Å². The summed E-state index contributed by atoms with van der Waals surface area (Å²) in [4.78, 5) is 11.9. The Kier molecular flexibility index (Phi) is 7.57. The van der Waals surface area contributed by atoms with Crippen molar-refractivity contribution >= 4 is 12.0 Å². The van der Waals surface area contributed by atoms with E-state index in [0.717, 1.165) is 12.0 Å². The van der Waals surface area contributed by atoms with E-state index < -0.39 is 0 Å². The minimum absolute atomic E-state index is 0.109. The molecule has 0 unspecified atom stereocenters. The summed E-state index contributed by atoms with van der Waals surface area (Å²) >= 11 is 0. The number of rotatable bonds is 9. The number of ether oxygens (including phenoxy) is 2. The van der Waals surface area contributed by atoms with Gasteiger partial charge in [0.15, 0.2) is 11.5 Å². The molecule has 4 heteroatoms. The normalized spacial score (nSPS) is 10.6. The zero-order valence-electron chi connectivity index (χ0n) is 14.8. The fourth-order valence-corrected chi connectivity index (χ4v) is 2.38. The maximum Gasteiger partial charge on any atom is 0.244 e. The molecule has 132 valence electrons. The first kappa shape index (κ1) is 18.6. The lowest BCUT2D eigenvalue weighted by Gasteiger charge is -2.11. The van der Waals surface area contributed by atoms with Crippen molar-refractivity contribution in [3.8, 4) is 11.5 Å².